The highest BCUT2D eigenvalue weighted by Gasteiger charge is 2.50. The molecule has 4 saturated carbocycles. The van der Waals surface area contributed by atoms with Gasteiger partial charge in [0.2, 0.25) is 0 Å². The van der Waals surface area contributed by atoms with Crippen LogP contribution in [0.3, 0.4) is 0 Å². The number of benzene rings is 1. The Kier molecular flexibility index (Phi) is 4.05. The van der Waals surface area contributed by atoms with Gasteiger partial charge in [-0.1, -0.05) is 29.8 Å². The standard InChI is InChI=1S/C17H22ClN.ClH/c18-16-4-2-1-3-15(16)11-19-17-8-12-5-13(9-17)7-14(6-12)10-17;/h1-4,12-14,19H,5-11H2;1H. The summed E-state index contributed by atoms with van der Waals surface area (Å²) in [5, 5.41) is 4.80. The largest absolute Gasteiger partial charge is 0.307 e. The number of rotatable bonds is 3. The quantitative estimate of drug-likeness (QED) is 0.844. The summed E-state index contributed by atoms with van der Waals surface area (Å²) in [7, 11) is 0. The fraction of sp³-hybridized carbons (Fsp3) is 0.647. The van der Waals surface area contributed by atoms with Gasteiger partial charge in [-0.25, -0.2) is 0 Å². The first-order valence-corrected chi connectivity index (χ1v) is 8.09. The van der Waals surface area contributed by atoms with Crippen LogP contribution < -0.4 is 5.32 Å². The van der Waals surface area contributed by atoms with Crippen LogP contribution in [-0.2, 0) is 6.54 Å². The molecule has 4 bridgehead atoms. The zero-order chi connectivity index (χ0) is 12.9. The summed E-state index contributed by atoms with van der Waals surface area (Å²) < 4.78 is 0. The smallest absolute Gasteiger partial charge is 0.0450 e. The van der Waals surface area contributed by atoms with Gasteiger partial charge in [0.15, 0.2) is 0 Å². The van der Waals surface area contributed by atoms with E-state index in [1.165, 1.54) is 44.1 Å². The highest BCUT2D eigenvalue weighted by Crippen LogP contribution is 2.55. The van der Waals surface area contributed by atoms with Gasteiger partial charge in [0.1, 0.15) is 0 Å². The summed E-state index contributed by atoms with van der Waals surface area (Å²) in [6.07, 6.45) is 8.74. The molecule has 4 aliphatic carbocycles. The average Bonchev–Trinajstić information content (AvgIpc) is 2.36. The second-order valence-electron chi connectivity index (χ2n) is 7.14. The molecule has 1 aromatic rings. The van der Waals surface area contributed by atoms with E-state index in [0.717, 1.165) is 29.3 Å². The minimum Gasteiger partial charge on any atom is -0.307 e. The van der Waals surface area contributed by atoms with E-state index < -0.39 is 0 Å². The molecule has 4 aliphatic rings. The van der Waals surface area contributed by atoms with E-state index in [9.17, 15) is 0 Å². The lowest BCUT2D eigenvalue weighted by atomic mass is 9.53. The van der Waals surface area contributed by atoms with Crippen molar-refractivity contribution in [2.24, 2.45) is 17.8 Å². The molecule has 0 aromatic heterocycles. The zero-order valence-electron chi connectivity index (χ0n) is 11.8. The molecule has 1 N–H and O–H groups in total. The average molecular weight is 312 g/mol. The summed E-state index contributed by atoms with van der Waals surface area (Å²) in [6, 6.07) is 8.24. The van der Waals surface area contributed by atoms with Crippen LogP contribution in [0.25, 0.3) is 0 Å². The lowest BCUT2D eigenvalue weighted by molar-refractivity contribution is -0.0205. The van der Waals surface area contributed by atoms with Crippen LogP contribution in [-0.4, -0.2) is 5.54 Å². The first-order valence-electron chi connectivity index (χ1n) is 7.71. The van der Waals surface area contributed by atoms with Crippen molar-refractivity contribution >= 4 is 24.0 Å². The lowest BCUT2D eigenvalue weighted by Crippen LogP contribution is -2.58. The second-order valence-corrected chi connectivity index (χ2v) is 7.55. The number of hydrogen-bond donors (Lipinski definition) is 1. The summed E-state index contributed by atoms with van der Waals surface area (Å²) in [4.78, 5) is 0. The zero-order valence-corrected chi connectivity index (χ0v) is 13.3. The lowest BCUT2D eigenvalue weighted by Gasteiger charge is -2.57. The van der Waals surface area contributed by atoms with Crippen molar-refractivity contribution in [3.05, 3.63) is 34.9 Å². The van der Waals surface area contributed by atoms with Crippen molar-refractivity contribution in [2.45, 2.75) is 50.6 Å². The fourth-order valence-corrected chi connectivity index (χ4v) is 5.45. The molecular formula is C17H23Cl2N. The Morgan fingerprint density at radius 1 is 1.00 bits per heavy atom. The first-order chi connectivity index (χ1) is 9.22. The Balaban J connectivity index is 0.00000121. The van der Waals surface area contributed by atoms with E-state index in [-0.39, 0.29) is 12.4 Å². The minimum atomic E-state index is 0. The summed E-state index contributed by atoms with van der Waals surface area (Å²) in [5.41, 5.74) is 1.69. The Labute approximate surface area is 132 Å². The maximum absolute atomic E-state index is 6.27. The van der Waals surface area contributed by atoms with E-state index in [0.29, 0.717) is 5.54 Å². The Morgan fingerprint density at radius 2 is 1.55 bits per heavy atom. The Hall–Kier alpha value is -0.240. The van der Waals surface area contributed by atoms with Gasteiger partial charge >= 0.3 is 0 Å². The van der Waals surface area contributed by atoms with Gasteiger partial charge < -0.3 is 5.32 Å². The van der Waals surface area contributed by atoms with Gasteiger partial charge in [0.05, 0.1) is 0 Å². The molecule has 0 unspecified atom stereocenters. The molecule has 0 radical (unpaired) electrons. The molecule has 0 aliphatic heterocycles. The van der Waals surface area contributed by atoms with Crippen molar-refractivity contribution in [3.63, 3.8) is 0 Å². The summed E-state index contributed by atoms with van der Waals surface area (Å²) in [5.74, 6) is 3.01. The molecule has 5 rings (SSSR count). The van der Waals surface area contributed by atoms with Crippen LogP contribution in [0.15, 0.2) is 24.3 Å². The third-order valence-electron chi connectivity index (χ3n) is 5.65. The van der Waals surface area contributed by atoms with E-state index in [1.807, 2.05) is 12.1 Å². The monoisotopic (exact) mass is 311 g/mol. The number of halogens is 2. The molecule has 0 saturated heterocycles. The molecule has 110 valence electrons. The summed E-state index contributed by atoms with van der Waals surface area (Å²) in [6.45, 7) is 0.936. The van der Waals surface area contributed by atoms with Gasteiger partial charge in [-0.2, -0.15) is 0 Å². The van der Waals surface area contributed by atoms with Crippen molar-refractivity contribution in [2.75, 3.05) is 0 Å². The van der Waals surface area contributed by atoms with E-state index in [4.69, 9.17) is 11.6 Å². The first kappa shape index (κ1) is 14.7. The predicted octanol–water partition coefficient (Wildman–Crippen LogP) is 4.82. The normalized spacial score (nSPS) is 37.8. The molecule has 1 nitrogen and oxygen atoms in total. The maximum atomic E-state index is 6.27. The van der Waals surface area contributed by atoms with Crippen molar-refractivity contribution < 1.29 is 0 Å². The molecule has 3 heteroatoms. The maximum Gasteiger partial charge on any atom is 0.0450 e. The molecule has 0 spiro atoms. The molecule has 0 atom stereocenters. The number of nitrogens with one attached hydrogen (secondary N) is 1. The second kappa shape index (κ2) is 5.51. The van der Waals surface area contributed by atoms with Crippen LogP contribution in [0.1, 0.15) is 44.1 Å². The topological polar surface area (TPSA) is 12.0 Å². The van der Waals surface area contributed by atoms with Crippen LogP contribution in [0.4, 0.5) is 0 Å². The van der Waals surface area contributed by atoms with Crippen molar-refractivity contribution in [3.8, 4) is 0 Å². The number of hydrogen-bond acceptors (Lipinski definition) is 1. The van der Waals surface area contributed by atoms with Crippen LogP contribution >= 0.6 is 24.0 Å². The Morgan fingerprint density at radius 3 is 2.10 bits per heavy atom. The van der Waals surface area contributed by atoms with E-state index in [1.54, 1.807) is 0 Å². The van der Waals surface area contributed by atoms with Crippen molar-refractivity contribution in [1.29, 1.82) is 0 Å². The molecule has 1 aromatic carbocycles. The van der Waals surface area contributed by atoms with Crippen LogP contribution in [0.5, 0.6) is 0 Å². The SMILES string of the molecule is Cl.Clc1ccccc1CNC12CC3CC(CC(C3)C1)C2. The highest BCUT2D eigenvalue weighted by atomic mass is 35.5. The van der Waals surface area contributed by atoms with Gasteiger partial charge in [0, 0.05) is 17.1 Å². The van der Waals surface area contributed by atoms with Crippen molar-refractivity contribution in [1.82, 2.24) is 5.32 Å². The van der Waals surface area contributed by atoms with Crippen LogP contribution in [0, 0.1) is 17.8 Å². The molecule has 4 fully saturated rings. The van der Waals surface area contributed by atoms with Gasteiger partial charge in [-0.15, -0.1) is 12.4 Å². The third kappa shape index (κ3) is 2.61. The molecule has 20 heavy (non-hydrogen) atoms. The Bertz CT molecular complexity index is 450. The predicted molar refractivity (Wildman–Crippen MR) is 86.4 cm³/mol. The third-order valence-corrected chi connectivity index (χ3v) is 6.02. The molecule has 0 heterocycles. The van der Waals surface area contributed by atoms with Gasteiger partial charge in [0.25, 0.3) is 0 Å². The van der Waals surface area contributed by atoms with E-state index in [2.05, 4.69) is 17.4 Å². The summed E-state index contributed by atoms with van der Waals surface area (Å²) >= 11 is 6.27. The molecular weight excluding hydrogens is 289 g/mol. The molecule has 0 amide bonds. The van der Waals surface area contributed by atoms with Crippen LogP contribution in [0.2, 0.25) is 5.02 Å². The van der Waals surface area contributed by atoms with E-state index >= 15 is 0 Å². The highest BCUT2D eigenvalue weighted by molar-refractivity contribution is 6.31. The van der Waals surface area contributed by atoms with Gasteiger partial charge in [-0.3, -0.25) is 0 Å². The fourth-order valence-electron chi connectivity index (χ4n) is 5.25. The minimum absolute atomic E-state index is 0. The van der Waals surface area contributed by atoms with Gasteiger partial charge in [-0.05, 0) is 67.9 Å².